The van der Waals surface area contributed by atoms with Gasteiger partial charge in [0.1, 0.15) is 5.70 Å². The van der Waals surface area contributed by atoms with Crippen molar-refractivity contribution >= 4 is 34.4 Å². The number of carbonyl (C=O) groups excluding carboxylic acids is 2. The number of hydrogen-bond acceptors (Lipinski definition) is 4. The summed E-state index contributed by atoms with van der Waals surface area (Å²) in [7, 11) is 3.89. The standard InChI is InChI=1S/C27H27N3O2/c1-18(2)19-10-12-21(13-11-19)28-25-24(20-8-6-5-7-9-20)26(31)30(27(25)32)23-16-14-22(15-17-23)29(3)4/h5-18,28H,1-4H3. The number of nitrogens with one attached hydrogen (secondary N) is 1. The molecule has 0 saturated carbocycles. The molecule has 0 radical (unpaired) electrons. The molecule has 0 fully saturated rings. The van der Waals surface area contributed by atoms with Gasteiger partial charge in [0.05, 0.1) is 11.3 Å². The van der Waals surface area contributed by atoms with Crippen molar-refractivity contribution in [2.24, 2.45) is 0 Å². The summed E-state index contributed by atoms with van der Waals surface area (Å²) in [5.74, 6) is -0.280. The summed E-state index contributed by atoms with van der Waals surface area (Å²) in [6, 6.07) is 24.7. The van der Waals surface area contributed by atoms with E-state index >= 15 is 0 Å². The Morgan fingerprint density at radius 3 is 1.97 bits per heavy atom. The molecule has 0 atom stereocenters. The fourth-order valence-electron chi connectivity index (χ4n) is 3.75. The highest BCUT2D eigenvalue weighted by atomic mass is 16.2. The van der Waals surface area contributed by atoms with E-state index in [0.29, 0.717) is 22.7 Å². The molecule has 0 bridgehead atoms. The van der Waals surface area contributed by atoms with Crippen molar-refractivity contribution in [2.45, 2.75) is 19.8 Å². The molecule has 5 nitrogen and oxygen atoms in total. The summed E-state index contributed by atoms with van der Waals surface area (Å²) in [5.41, 5.74) is 4.89. The normalized spacial score (nSPS) is 13.8. The van der Waals surface area contributed by atoms with Crippen LogP contribution in [0, 0.1) is 0 Å². The van der Waals surface area contributed by atoms with E-state index in [1.54, 1.807) is 12.1 Å². The number of imide groups is 1. The average molecular weight is 426 g/mol. The van der Waals surface area contributed by atoms with E-state index in [1.807, 2.05) is 85.7 Å². The lowest BCUT2D eigenvalue weighted by atomic mass is 10.0. The van der Waals surface area contributed by atoms with E-state index in [0.717, 1.165) is 11.4 Å². The molecule has 0 aromatic heterocycles. The van der Waals surface area contributed by atoms with E-state index in [2.05, 4.69) is 19.2 Å². The first kappa shape index (κ1) is 21.4. The highest BCUT2D eigenvalue weighted by molar-refractivity contribution is 6.46. The number of hydrogen-bond donors (Lipinski definition) is 1. The van der Waals surface area contributed by atoms with Crippen LogP contribution in [0.1, 0.15) is 30.9 Å². The van der Waals surface area contributed by atoms with Gasteiger partial charge in [-0.15, -0.1) is 0 Å². The Hall–Kier alpha value is -3.86. The van der Waals surface area contributed by atoms with E-state index in [-0.39, 0.29) is 17.5 Å². The van der Waals surface area contributed by atoms with Gasteiger partial charge in [-0.1, -0.05) is 56.3 Å². The molecule has 1 N–H and O–H groups in total. The summed E-state index contributed by atoms with van der Waals surface area (Å²) in [6.07, 6.45) is 0. The number of rotatable bonds is 6. The first-order chi connectivity index (χ1) is 15.4. The summed E-state index contributed by atoms with van der Waals surface area (Å²) < 4.78 is 0. The van der Waals surface area contributed by atoms with Crippen LogP contribution >= 0.6 is 0 Å². The molecule has 162 valence electrons. The molecule has 3 aromatic carbocycles. The third kappa shape index (κ3) is 4.02. The zero-order valence-corrected chi connectivity index (χ0v) is 18.8. The molecular formula is C27H27N3O2. The van der Waals surface area contributed by atoms with Crippen molar-refractivity contribution in [1.29, 1.82) is 0 Å². The van der Waals surface area contributed by atoms with Gasteiger partial charge in [0.2, 0.25) is 0 Å². The van der Waals surface area contributed by atoms with Crippen LogP contribution < -0.4 is 15.1 Å². The lowest BCUT2D eigenvalue weighted by Crippen LogP contribution is -2.32. The predicted octanol–water partition coefficient (Wildman–Crippen LogP) is 5.27. The molecule has 1 heterocycles. The van der Waals surface area contributed by atoms with Crippen LogP contribution in [0.2, 0.25) is 0 Å². The fraction of sp³-hybridized carbons (Fsp3) is 0.185. The predicted molar refractivity (Wildman–Crippen MR) is 131 cm³/mol. The molecular weight excluding hydrogens is 398 g/mol. The Bertz CT molecular complexity index is 1160. The van der Waals surface area contributed by atoms with Crippen LogP contribution in [0.15, 0.2) is 84.6 Å². The second kappa shape index (κ2) is 8.71. The minimum Gasteiger partial charge on any atom is -0.378 e. The molecule has 1 aliphatic rings. The maximum absolute atomic E-state index is 13.5. The van der Waals surface area contributed by atoms with Crippen molar-refractivity contribution < 1.29 is 9.59 Å². The lowest BCUT2D eigenvalue weighted by molar-refractivity contribution is -0.120. The maximum Gasteiger partial charge on any atom is 0.282 e. The van der Waals surface area contributed by atoms with Gasteiger partial charge in [-0.3, -0.25) is 9.59 Å². The molecule has 2 amide bonds. The van der Waals surface area contributed by atoms with Gasteiger partial charge in [0.15, 0.2) is 0 Å². The molecule has 0 saturated heterocycles. The quantitative estimate of drug-likeness (QED) is 0.547. The molecule has 3 aromatic rings. The Labute approximate surface area is 189 Å². The molecule has 1 aliphatic heterocycles. The van der Waals surface area contributed by atoms with Gasteiger partial charge < -0.3 is 10.2 Å². The second-order valence-corrected chi connectivity index (χ2v) is 8.37. The molecule has 0 unspecified atom stereocenters. The third-order valence-corrected chi connectivity index (χ3v) is 5.62. The van der Waals surface area contributed by atoms with Gasteiger partial charge in [-0.05, 0) is 53.4 Å². The summed E-state index contributed by atoms with van der Waals surface area (Å²) >= 11 is 0. The lowest BCUT2D eigenvalue weighted by Gasteiger charge is -2.18. The highest BCUT2D eigenvalue weighted by Crippen LogP contribution is 2.34. The Kier molecular flexibility index (Phi) is 5.82. The van der Waals surface area contributed by atoms with E-state index in [9.17, 15) is 9.59 Å². The summed E-state index contributed by atoms with van der Waals surface area (Å²) in [5, 5.41) is 3.22. The Balaban J connectivity index is 1.73. The minimum atomic E-state index is -0.362. The first-order valence-corrected chi connectivity index (χ1v) is 10.7. The van der Waals surface area contributed by atoms with Crippen LogP contribution in [-0.4, -0.2) is 25.9 Å². The molecule has 4 rings (SSSR count). The number of nitrogens with zero attached hydrogens (tertiary/aromatic N) is 2. The molecule has 0 spiro atoms. The van der Waals surface area contributed by atoms with E-state index < -0.39 is 0 Å². The van der Waals surface area contributed by atoms with Crippen LogP contribution in [0.4, 0.5) is 17.1 Å². The van der Waals surface area contributed by atoms with E-state index in [1.165, 1.54) is 10.5 Å². The Morgan fingerprint density at radius 1 is 0.781 bits per heavy atom. The Morgan fingerprint density at radius 2 is 1.41 bits per heavy atom. The number of amides is 2. The first-order valence-electron chi connectivity index (χ1n) is 10.7. The van der Waals surface area contributed by atoms with Crippen molar-refractivity contribution in [1.82, 2.24) is 0 Å². The van der Waals surface area contributed by atoms with Crippen molar-refractivity contribution in [3.05, 3.63) is 95.7 Å². The smallest absolute Gasteiger partial charge is 0.282 e. The summed E-state index contributed by atoms with van der Waals surface area (Å²) in [4.78, 5) is 30.2. The van der Waals surface area contributed by atoms with Gasteiger partial charge in [0.25, 0.3) is 11.8 Å². The highest BCUT2D eigenvalue weighted by Gasteiger charge is 2.40. The van der Waals surface area contributed by atoms with Crippen LogP contribution in [0.3, 0.4) is 0 Å². The molecule has 0 aliphatic carbocycles. The van der Waals surface area contributed by atoms with Gasteiger partial charge in [0, 0.05) is 25.5 Å². The largest absolute Gasteiger partial charge is 0.378 e. The second-order valence-electron chi connectivity index (χ2n) is 8.37. The van der Waals surface area contributed by atoms with Crippen LogP contribution in [0.5, 0.6) is 0 Å². The van der Waals surface area contributed by atoms with Crippen molar-refractivity contribution in [3.63, 3.8) is 0 Å². The number of benzene rings is 3. The summed E-state index contributed by atoms with van der Waals surface area (Å²) in [6.45, 7) is 4.27. The SMILES string of the molecule is CC(C)c1ccc(NC2=C(c3ccccc3)C(=O)N(c3ccc(N(C)C)cc3)C2=O)cc1. The number of carbonyl (C=O) groups is 2. The fourth-order valence-corrected chi connectivity index (χ4v) is 3.75. The van der Waals surface area contributed by atoms with Gasteiger partial charge >= 0.3 is 0 Å². The monoisotopic (exact) mass is 425 g/mol. The minimum absolute atomic E-state index is 0.287. The molecule has 5 heteroatoms. The van der Waals surface area contributed by atoms with E-state index in [4.69, 9.17) is 0 Å². The van der Waals surface area contributed by atoms with Crippen LogP contribution in [-0.2, 0) is 9.59 Å². The number of anilines is 3. The van der Waals surface area contributed by atoms with Gasteiger partial charge in [-0.25, -0.2) is 4.90 Å². The average Bonchev–Trinajstić information content (AvgIpc) is 3.04. The topological polar surface area (TPSA) is 52.7 Å². The molecule has 32 heavy (non-hydrogen) atoms. The van der Waals surface area contributed by atoms with Gasteiger partial charge in [-0.2, -0.15) is 0 Å². The zero-order chi connectivity index (χ0) is 22.8. The van der Waals surface area contributed by atoms with Crippen LogP contribution in [0.25, 0.3) is 5.57 Å². The zero-order valence-electron chi connectivity index (χ0n) is 18.8. The van der Waals surface area contributed by atoms with Crippen molar-refractivity contribution in [2.75, 3.05) is 29.2 Å². The maximum atomic E-state index is 13.5. The third-order valence-electron chi connectivity index (χ3n) is 5.62. The van der Waals surface area contributed by atoms with Crippen molar-refractivity contribution in [3.8, 4) is 0 Å².